The fourth-order valence-corrected chi connectivity index (χ4v) is 2.45. The summed E-state index contributed by atoms with van der Waals surface area (Å²) in [5, 5.41) is 3.11. The van der Waals surface area contributed by atoms with Crippen LogP contribution in [0.3, 0.4) is 0 Å². The van der Waals surface area contributed by atoms with Crippen LogP contribution >= 0.6 is 15.9 Å². The first-order chi connectivity index (χ1) is 9.52. The van der Waals surface area contributed by atoms with Crippen molar-refractivity contribution in [1.82, 2.24) is 9.97 Å². The van der Waals surface area contributed by atoms with Crippen LogP contribution in [0.5, 0.6) is 0 Å². The van der Waals surface area contributed by atoms with E-state index in [9.17, 15) is 4.39 Å². The number of aromatic nitrogens is 2. The van der Waals surface area contributed by atoms with Gasteiger partial charge in [0.1, 0.15) is 23.3 Å². The number of nitrogens with zero attached hydrogens (tertiary/aromatic N) is 2. The molecule has 1 heterocycles. The zero-order valence-electron chi connectivity index (χ0n) is 11.0. The van der Waals surface area contributed by atoms with E-state index >= 15 is 0 Å². The van der Waals surface area contributed by atoms with Crippen molar-refractivity contribution in [3.63, 3.8) is 0 Å². The van der Waals surface area contributed by atoms with Gasteiger partial charge in [0, 0.05) is 17.7 Å². The number of rotatable bonds is 3. The summed E-state index contributed by atoms with van der Waals surface area (Å²) in [7, 11) is 0. The second-order valence-corrected chi connectivity index (χ2v) is 5.87. The molecule has 1 fully saturated rings. The quantitative estimate of drug-likeness (QED) is 0.892. The molecule has 1 saturated carbocycles. The molecule has 4 nitrogen and oxygen atoms in total. The number of hydrogen-bond donors (Lipinski definition) is 2. The molecule has 3 N–H and O–H groups in total. The molecule has 1 aliphatic carbocycles. The Hall–Kier alpha value is -1.69. The van der Waals surface area contributed by atoms with Gasteiger partial charge in [-0.3, -0.25) is 0 Å². The zero-order chi connectivity index (χ0) is 14.3. The molecule has 3 rings (SSSR count). The van der Waals surface area contributed by atoms with Crippen LogP contribution in [-0.4, -0.2) is 9.97 Å². The maximum absolute atomic E-state index is 13.6. The normalized spacial score (nSPS) is 14.3. The van der Waals surface area contributed by atoms with Crippen LogP contribution in [0.15, 0.2) is 22.7 Å². The molecule has 0 aliphatic heterocycles. The molecule has 0 saturated heterocycles. The fourth-order valence-electron chi connectivity index (χ4n) is 1.99. The largest absolute Gasteiger partial charge is 0.384 e. The molecule has 1 aromatic carbocycles. The standard InChI is InChI=1S/C14H14BrFN4/c1-7-4-9(15)10(16)5-11(7)18-13-6-12(17)19-14(20-13)8-2-3-8/h4-6,8H,2-3H2,1H3,(H3,17,18,19,20). The smallest absolute Gasteiger partial charge is 0.139 e. The van der Waals surface area contributed by atoms with E-state index < -0.39 is 0 Å². The van der Waals surface area contributed by atoms with Gasteiger partial charge in [-0.15, -0.1) is 0 Å². The number of nitrogens with two attached hydrogens (primary N) is 1. The molecule has 0 amide bonds. The summed E-state index contributed by atoms with van der Waals surface area (Å²) in [6.07, 6.45) is 2.21. The number of aryl methyl sites for hydroxylation is 1. The summed E-state index contributed by atoms with van der Waals surface area (Å²) in [5.41, 5.74) is 7.39. The van der Waals surface area contributed by atoms with Crippen molar-refractivity contribution < 1.29 is 4.39 Å². The number of nitrogens with one attached hydrogen (secondary N) is 1. The number of anilines is 3. The van der Waals surface area contributed by atoms with Crippen molar-refractivity contribution >= 4 is 33.3 Å². The monoisotopic (exact) mass is 336 g/mol. The Morgan fingerprint density at radius 3 is 2.75 bits per heavy atom. The molecule has 20 heavy (non-hydrogen) atoms. The number of benzene rings is 1. The lowest BCUT2D eigenvalue weighted by molar-refractivity contribution is 0.621. The van der Waals surface area contributed by atoms with E-state index in [1.807, 2.05) is 6.92 Å². The van der Waals surface area contributed by atoms with Gasteiger partial charge in [0.2, 0.25) is 0 Å². The minimum absolute atomic E-state index is 0.317. The van der Waals surface area contributed by atoms with Gasteiger partial charge in [-0.05, 0) is 53.4 Å². The maximum atomic E-state index is 13.6. The van der Waals surface area contributed by atoms with Crippen molar-refractivity contribution in [3.05, 3.63) is 39.9 Å². The highest BCUT2D eigenvalue weighted by Crippen LogP contribution is 2.39. The third-order valence-electron chi connectivity index (χ3n) is 3.24. The van der Waals surface area contributed by atoms with Gasteiger partial charge in [-0.1, -0.05) is 0 Å². The molecule has 104 valence electrons. The van der Waals surface area contributed by atoms with Gasteiger partial charge in [-0.25, -0.2) is 14.4 Å². The Morgan fingerprint density at radius 2 is 2.05 bits per heavy atom. The lowest BCUT2D eigenvalue weighted by Crippen LogP contribution is -2.03. The molecule has 0 radical (unpaired) electrons. The zero-order valence-corrected chi connectivity index (χ0v) is 12.5. The molecule has 0 spiro atoms. The molecular weight excluding hydrogens is 323 g/mol. The van der Waals surface area contributed by atoms with E-state index in [0.717, 1.165) is 24.2 Å². The van der Waals surface area contributed by atoms with Crippen LogP contribution in [0.1, 0.15) is 30.1 Å². The van der Waals surface area contributed by atoms with Crippen LogP contribution in [0, 0.1) is 12.7 Å². The first-order valence-electron chi connectivity index (χ1n) is 6.40. The molecular formula is C14H14BrFN4. The van der Waals surface area contributed by atoms with E-state index in [0.29, 0.717) is 27.7 Å². The Morgan fingerprint density at radius 1 is 1.30 bits per heavy atom. The number of hydrogen-bond acceptors (Lipinski definition) is 4. The van der Waals surface area contributed by atoms with E-state index in [1.165, 1.54) is 6.07 Å². The molecule has 0 atom stereocenters. The predicted molar refractivity (Wildman–Crippen MR) is 80.5 cm³/mol. The summed E-state index contributed by atoms with van der Waals surface area (Å²) < 4.78 is 14.1. The Labute approximate surface area is 124 Å². The summed E-state index contributed by atoms with van der Waals surface area (Å²) in [6, 6.07) is 4.82. The predicted octanol–water partition coefficient (Wildman–Crippen LogP) is 3.89. The molecule has 6 heteroatoms. The molecule has 1 aliphatic rings. The lowest BCUT2D eigenvalue weighted by Gasteiger charge is -2.11. The van der Waals surface area contributed by atoms with Gasteiger partial charge >= 0.3 is 0 Å². The highest BCUT2D eigenvalue weighted by Gasteiger charge is 2.27. The van der Waals surface area contributed by atoms with Crippen molar-refractivity contribution in [2.24, 2.45) is 0 Å². The van der Waals surface area contributed by atoms with Gasteiger partial charge in [-0.2, -0.15) is 0 Å². The van der Waals surface area contributed by atoms with Crippen molar-refractivity contribution in [3.8, 4) is 0 Å². The van der Waals surface area contributed by atoms with Gasteiger partial charge in [0.25, 0.3) is 0 Å². The second kappa shape index (κ2) is 5.01. The Balaban J connectivity index is 1.92. The summed E-state index contributed by atoms with van der Waals surface area (Å²) in [5.74, 6) is 1.90. The molecule has 2 aromatic rings. The summed E-state index contributed by atoms with van der Waals surface area (Å²) in [6.45, 7) is 1.90. The number of nitrogen functional groups attached to an aromatic ring is 1. The van der Waals surface area contributed by atoms with E-state index in [4.69, 9.17) is 5.73 Å². The van der Waals surface area contributed by atoms with E-state index in [2.05, 4.69) is 31.2 Å². The average Bonchev–Trinajstić information content (AvgIpc) is 3.19. The SMILES string of the molecule is Cc1cc(Br)c(F)cc1Nc1cc(N)nc(C2CC2)n1. The van der Waals surface area contributed by atoms with Crippen molar-refractivity contribution in [2.45, 2.75) is 25.7 Å². The van der Waals surface area contributed by atoms with Crippen LogP contribution in [0.2, 0.25) is 0 Å². The molecule has 0 bridgehead atoms. The van der Waals surface area contributed by atoms with Gasteiger partial charge in [0.05, 0.1) is 4.47 Å². The maximum Gasteiger partial charge on any atom is 0.139 e. The van der Waals surface area contributed by atoms with Crippen molar-refractivity contribution in [2.75, 3.05) is 11.1 Å². The topological polar surface area (TPSA) is 63.8 Å². The number of halogens is 2. The summed E-state index contributed by atoms with van der Waals surface area (Å²) in [4.78, 5) is 8.68. The fraction of sp³-hybridized carbons (Fsp3) is 0.286. The molecule has 1 aromatic heterocycles. The second-order valence-electron chi connectivity index (χ2n) is 5.02. The first kappa shape index (κ1) is 13.3. The highest BCUT2D eigenvalue weighted by molar-refractivity contribution is 9.10. The van der Waals surface area contributed by atoms with Crippen LogP contribution in [0.4, 0.5) is 21.7 Å². The van der Waals surface area contributed by atoms with Crippen molar-refractivity contribution in [1.29, 1.82) is 0 Å². The highest BCUT2D eigenvalue weighted by atomic mass is 79.9. The minimum Gasteiger partial charge on any atom is -0.384 e. The van der Waals surface area contributed by atoms with Crippen LogP contribution in [-0.2, 0) is 0 Å². The molecule has 0 unspecified atom stereocenters. The average molecular weight is 337 g/mol. The van der Waals surface area contributed by atoms with Crippen LogP contribution < -0.4 is 11.1 Å². The van der Waals surface area contributed by atoms with Gasteiger partial charge in [0.15, 0.2) is 0 Å². The Kier molecular flexibility index (Phi) is 3.33. The van der Waals surface area contributed by atoms with E-state index in [-0.39, 0.29) is 5.82 Å². The van der Waals surface area contributed by atoms with E-state index in [1.54, 1.807) is 12.1 Å². The van der Waals surface area contributed by atoms with Gasteiger partial charge < -0.3 is 11.1 Å². The first-order valence-corrected chi connectivity index (χ1v) is 7.19. The minimum atomic E-state index is -0.317. The lowest BCUT2D eigenvalue weighted by atomic mass is 10.2. The van der Waals surface area contributed by atoms with Crippen LogP contribution in [0.25, 0.3) is 0 Å². The third kappa shape index (κ3) is 2.75. The third-order valence-corrected chi connectivity index (χ3v) is 3.84. The Bertz CT molecular complexity index is 670. The summed E-state index contributed by atoms with van der Waals surface area (Å²) >= 11 is 3.17.